The van der Waals surface area contributed by atoms with Gasteiger partial charge in [0.05, 0.1) is 10.6 Å². The molecule has 0 bridgehead atoms. The van der Waals surface area contributed by atoms with Gasteiger partial charge >= 0.3 is 0 Å². The second-order valence-corrected chi connectivity index (χ2v) is 4.22. The van der Waals surface area contributed by atoms with Crippen molar-refractivity contribution < 1.29 is 13.2 Å². The summed E-state index contributed by atoms with van der Waals surface area (Å²) >= 11 is 5.56. The molecule has 0 amide bonds. The van der Waals surface area contributed by atoms with Crippen molar-refractivity contribution in [2.45, 2.75) is 25.3 Å². The van der Waals surface area contributed by atoms with E-state index in [1.54, 1.807) is 0 Å². The van der Waals surface area contributed by atoms with Gasteiger partial charge < -0.3 is 5.32 Å². The second kappa shape index (κ2) is 4.63. The zero-order chi connectivity index (χ0) is 11.7. The first kappa shape index (κ1) is 11.7. The molecule has 5 heteroatoms. The fourth-order valence-electron chi connectivity index (χ4n) is 2.01. The first-order valence-corrected chi connectivity index (χ1v) is 5.48. The van der Waals surface area contributed by atoms with Gasteiger partial charge in [-0.1, -0.05) is 17.7 Å². The predicted molar refractivity (Wildman–Crippen MR) is 56.3 cm³/mol. The van der Waals surface area contributed by atoms with Crippen LogP contribution in [0.3, 0.4) is 0 Å². The number of hydrogen-bond donors (Lipinski definition) is 1. The van der Waals surface area contributed by atoms with Crippen LogP contribution in [0.15, 0.2) is 12.1 Å². The molecule has 0 aromatic heterocycles. The standard InChI is InChI=1S/C11H11ClF3N/c12-7-4-3-6(8-2-1-5-16-8)10(13)9(7)11(14)15/h3-4,8,11,16H,1-2,5H2/t8-/m1/s1. The summed E-state index contributed by atoms with van der Waals surface area (Å²) in [7, 11) is 0. The third-order valence-electron chi connectivity index (χ3n) is 2.81. The van der Waals surface area contributed by atoms with Gasteiger partial charge in [0.1, 0.15) is 5.82 Å². The Morgan fingerprint density at radius 1 is 1.38 bits per heavy atom. The van der Waals surface area contributed by atoms with Gasteiger partial charge in [-0.3, -0.25) is 0 Å². The molecule has 16 heavy (non-hydrogen) atoms. The fraction of sp³-hybridized carbons (Fsp3) is 0.455. The number of benzene rings is 1. The Morgan fingerprint density at radius 2 is 2.12 bits per heavy atom. The topological polar surface area (TPSA) is 12.0 Å². The van der Waals surface area contributed by atoms with Crippen LogP contribution in [-0.2, 0) is 0 Å². The Balaban J connectivity index is 2.43. The van der Waals surface area contributed by atoms with E-state index in [1.165, 1.54) is 12.1 Å². The van der Waals surface area contributed by atoms with E-state index < -0.39 is 17.8 Å². The van der Waals surface area contributed by atoms with Crippen LogP contribution in [0.25, 0.3) is 0 Å². The maximum Gasteiger partial charge on any atom is 0.268 e. The Morgan fingerprint density at radius 3 is 2.69 bits per heavy atom. The molecule has 0 aliphatic carbocycles. The Labute approximate surface area is 96.6 Å². The summed E-state index contributed by atoms with van der Waals surface area (Å²) in [5.41, 5.74) is -0.398. The summed E-state index contributed by atoms with van der Waals surface area (Å²) < 4.78 is 39.1. The van der Waals surface area contributed by atoms with Gasteiger partial charge in [-0.25, -0.2) is 13.2 Å². The van der Waals surface area contributed by atoms with E-state index in [0.717, 1.165) is 19.4 Å². The SMILES string of the molecule is Fc1c([C@H]2CCCN2)ccc(Cl)c1C(F)F. The molecule has 1 fully saturated rings. The minimum absolute atomic E-state index is 0.172. The number of rotatable bonds is 2. The zero-order valence-corrected chi connectivity index (χ0v) is 9.20. The quantitative estimate of drug-likeness (QED) is 0.840. The van der Waals surface area contributed by atoms with E-state index in [-0.39, 0.29) is 16.6 Å². The largest absolute Gasteiger partial charge is 0.310 e. The molecule has 0 radical (unpaired) electrons. The molecule has 1 saturated heterocycles. The zero-order valence-electron chi connectivity index (χ0n) is 8.44. The lowest BCUT2D eigenvalue weighted by Gasteiger charge is -2.15. The molecule has 0 unspecified atom stereocenters. The lowest BCUT2D eigenvalue weighted by Crippen LogP contribution is -2.15. The summed E-state index contributed by atoms with van der Waals surface area (Å²) in [5.74, 6) is -0.873. The number of hydrogen-bond acceptors (Lipinski definition) is 1. The van der Waals surface area contributed by atoms with E-state index in [0.29, 0.717) is 0 Å². The Hall–Kier alpha value is -0.740. The molecule has 88 valence electrons. The van der Waals surface area contributed by atoms with Crippen molar-refractivity contribution in [2.75, 3.05) is 6.54 Å². The van der Waals surface area contributed by atoms with Crippen LogP contribution >= 0.6 is 11.6 Å². The Kier molecular flexibility index (Phi) is 3.40. The third-order valence-corrected chi connectivity index (χ3v) is 3.14. The molecule has 0 spiro atoms. The molecule has 1 heterocycles. The van der Waals surface area contributed by atoms with Gasteiger partial charge in [-0.15, -0.1) is 0 Å². The van der Waals surface area contributed by atoms with Gasteiger partial charge in [0, 0.05) is 11.6 Å². The molecular weight excluding hydrogens is 239 g/mol. The minimum Gasteiger partial charge on any atom is -0.310 e. The highest BCUT2D eigenvalue weighted by atomic mass is 35.5. The van der Waals surface area contributed by atoms with Gasteiger partial charge in [0.15, 0.2) is 0 Å². The van der Waals surface area contributed by atoms with Gasteiger partial charge in [-0.05, 0) is 25.5 Å². The monoisotopic (exact) mass is 249 g/mol. The normalized spacial score (nSPS) is 20.7. The van der Waals surface area contributed by atoms with Crippen molar-refractivity contribution in [1.29, 1.82) is 0 Å². The van der Waals surface area contributed by atoms with Crippen molar-refractivity contribution in [1.82, 2.24) is 5.32 Å². The Bertz CT molecular complexity index is 389. The first-order chi connectivity index (χ1) is 7.61. The van der Waals surface area contributed by atoms with E-state index in [9.17, 15) is 13.2 Å². The van der Waals surface area contributed by atoms with Crippen LogP contribution in [0.5, 0.6) is 0 Å². The number of halogens is 4. The average molecular weight is 250 g/mol. The van der Waals surface area contributed by atoms with Crippen LogP contribution in [0, 0.1) is 5.82 Å². The number of alkyl halides is 2. The molecule has 1 N–H and O–H groups in total. The summed E-state index contributed by atoms with van der Waals surface area (Å²) in [5, 5.41) is 2.86. The van der Waals surface area contributed by atoms with Gasteiger partial charge in [-0.2, -0.15) is 0 Å². The lowest BCUT2D eigenvalue weighted by molar-refractivity contribution is 0.146. The van der Waals surface area contributed by atoms with Gasteiger partial charge in [0.2, 0.25) is 0 Å². The minimum atomic E-state index is -2.88. The molecular formula is C11H11ClF3N. The molecule has 1 aromatic carbocycles. The second-order valence-electron chi connectivity index (χ2n) is 3.81. The van der Waals surface area contributed by atoms with Crippen molar-refractivity contribution >= 4 is 11.6 Å². The van der Waals surface area contributed by atoms with Crippen LogP contribution in [-0.4, -0.2) is 6.54 Å². The molecule has 1 aliphatic rings. The maximum atomic E-state index is 13.8. The van der Waals surface area contributed by atoms with Crippen LogP contribution in [0.2, 0.25) is 5.02 Å². The molecule has 1 atom stereocenters. The highest BCUT2D eigenvalue weighted by Gasteiger charge is 2.25. The van der Waals surface area contributed by atoms with E-state index in [2.05, 4.69) is 5.32 Å². The molecule has 1 aliphatic heterocycles. The van der Waals surface area contributed by atoms with E-state index in [1.807, 2.05) is 0 Å². The smallest absolute Gasteiger partial charge is 0.268 e. The first-order valence-electron chi connectivity index (χ1n) is 5.10. The van der Waals surface area contributed by atoms with Crippen LogP contribution in [0.1, 0.15) is 36.4 Å². The summed E-state index contributed by atoms with van der Waals surface area (Å²) in [6.45, 7) is 0.788. The average Bonchev–Trinajstić information content (AvgIpc) is 2.70. The lowest BCUT2D eigenvalue weighted by atomic mass is 10.0. The van der Waals surface area contributed by atoms with Crippen LogP contribution < -0.4 is 5.32 Å². The third kappa shape index (κ3) is 2.04. The predicted octanol–water partition coefficient (Wildman–Crippen LogP) is 3.84. The van der Waals surface area contributed by atoms with E-state index >= 15 is 0 Å². The summed E-state index contributed by atoms with van der Waals surface area (Å²) in [6, 6.07) is 2.64. The van der Waals surface area contributed by atoms with Crippen molar-refractivity contribution in [3.8, 4) is 0 Å². The molecule has 2 rings (SSSR count). The molecule has 0 saturated carbocycles. The van der Waals surface area contributed by atoms with Gasteiger partial charge in [0.25, 0.3) is 6.43 Å². The number of nitrogens with one attached hydrogen (secondary N) is 1. The van der Waals surface area contributed by atoms with Crippen molar-refractivity contribution in [3.05, 3.63) is 34.1 Å². The highest BCUT2D eigenvalue weighted by molar-refractivity contribution is 6.31. The van der Waals surface area contributed by atoms with Crippen LogP contribution in [0.4, 0.5) is 13.2 Å². The molecule has 1 nitrogen and oxygen atoms in total. The van der Waals surface area contributed by atoms with Crippen molar-refractivity contribution in [2.24, 2.45) is 0 Å². The molecule has 1 aromatic rings. The van der Waals surface area contributed by atoms with Crippen molar-refractivity contribution in [3.63, 3.8) is 0 Å². The van der Waals surface area contributed by atoms with E-state index in [4.69, 9.17) is 11.6 Å². The maximum absolute atomic E-state index is 13.8. The summed E-state index contributed by atoms with van der Waals surface area (Å²) in [4.78, 5) is 0. The summed E-state index contributed by atoms with van der Waals surface area (Å²) in [6.07, 6.45) is -1.19. The fourth-order valence-corrected chi connectivity index (χ4v) is 2.23. The highest BCUT2D eigenvalue weighted by Crippen LogP contribution is 2.35.